The highest BCUT2D eigenvalue weighted by molar-refractivity contribution is 6.31. The third-order valence-corrected chi connectivity index (χ3v) is 3.21. The van der Waals surface area contributed by atoms with E-state index in [-0.39, 0.29) is 12.5 Å². The van der Waals surface area contributed by atoms with Crippen molar-refractivity contribution in [2.24, 2.45) is 0 Å². The molecule has 0 heterocycles. The average molecular weight is 308 g/mol. The number of nitrogens with one attached hydrogen (secondary N) is 1. The lowest BCUT2D eigenvalue weighted by molar-refractivity contribution is -0.116. The predicted molar refractivity (Wildman–Crippen MR) is 87.4 cm³/mol. The molecule has 0 aliphatic carbocycles. The summed E-state index contributed by atoms with van der Waals surface area (Å²) in [6, 6.07) is 5.22. The van der Waals surface area contributed by atoms with Gasteiger partial charge in [0.2, 0.25) is 5.91 Å². The van der Waals surface area contributed by atoms with E-state index in [0.717, 1.165) is 31.2 Å². The summed E-state index contributed by atoms with van der Waals surface area (Å²) < 4.78 is 0. The van der Waals surface area contributed by atoms with E-state index in [1.165, 1.54) is 0 Å². The lowest BCUT2D eigenvalue weighted by Gasteiger charge is -2.08. The van der Waals surface area contributed by atoms with Gasteiger partial charge >= 0.3 is 0 Å². The molecule has 1 amide bonds. The van der Waals surface area contributed by atoms with Crippen molar-refractivity contribution in [1.82, 2.24) is 0 Å². The quantitative estimate of drug-likeness (QED) is 0.591. The second-order valence-corrected chi connectivity index (χ2v) is 5.26. The monoisotopic (exact) mass is 307 g/mol. The third-order valence-electron chi connectivity index (χ3n) is 2.97. The van der Waals surface area contributed by atoms with Crippen LogP contribution in [0.5, 0.6) is 0 Å². The van der Waals surface area contributed by atoms with E-state index >= 15 is 0 Å². The van der Waals surface area contributed by atoms with Gasteiger partial charge in [0, 0.05) is 23.4 Å². The van der Waals surface area contributed by atoms with E-state index < -0.39 is 0 Å². The number of aliphatic hydroxyl groups is 1. The molecule has 0 fully saturated rings. The van der Waals surface area contributed by atoms with E-state index in [2.05, 4.69) is 24.1 Å². The number of hydrogen-bond acceptors (Lipinski definition) is 2. The van der Waals surface area contributed by atoms with Crippen molar-refractivity contribution in [1.29, 1.82) is 0 Å². The number of rotatable bonds is 7. The molecule has 0 spiro atoms. The van der Waals surface area contributed by atoms with Crippen molar-refractivity contribution in [3.05, 3.63) is 28.8 Å². The van der Waals surface area contributed by atoms with Crippen LogP contribution in [0.15, 0.2) is 18.2 Å². The lowest BCUT2D eigenvalue weighted by atomic mass is 10.1. The van der Waals surface area contributed by atoms with E-state index in [4.69, 9.17) is 16.7 Å². The minimum atomic E-state index is -0.0152. The average Bonchev–Trinajstić information content (AvgIpc) is 2.46. The van der Waals surface area contributed by atoms with Crippen molar-refractivity contribution in [2.45, 2.75) is 45.4 Å². The Morgan fingerprint density at radius 1 is 1.33 bits per heavy atom. The standard InChI is InChI=1S/C17H22ClNO2/c1-2-3-4-5-9-17(21)19-16-13-15(18)11-10-14(16)8-6-7-12-20/h10-11,13,20H,2-5,7,9,12H2,1H3,(H,19,21). The maximum absolute atomic E-state index is 11.9. The highest BCUT2D eigenvalue weighted by Gasteiger charge is 2.06. The molecule has 1 aromatic rings. The molecule has 21 heavy (non-hydrogen) atoms. The Balaban J connectivity index is 2.66. The molecule has 0 radical (unpaired) electrons. The van der Waals surface area contributed by atoms with Crippen LogP contribution in [-0.4, -0.2) is 17.6 Å². The first-order valence-corrected chi connectivity index (χ1v) is 7.74. The number of anilines is 1. The van der Waals surface area contributed by atoms with Gasteiger partial charge in [0.25, 0.3) is 0 Å². The Morgan fingerprint density at radius 3 is 2.86 bits per heavy atom. The van der Waals surface area contributed by atoms with Gasteiger partial charge in [-0.2, -0.15) is 0 Å². The SMILES string of the molecule is CCCCCCC(=O)Nc1cc(Cl)ccc1C#CCCO. The molecular weight excluding hydrogens is 286 g/mol. The molecular formula is C17H22ClNO2. The van der Waals surface area contributed by atoms with Crippen molar-refractivity contribution >= 4 is 23.2 Å². The number of carbonyl (C=O) groups excluding carboxylic acids is 1. The number of unbranched alkanes of at least 4 members (excludes halogenated alkanes) is 3. The highest BCUT2D eigenvalue weighted by Crippen LogP contribution is 2.21. The largest absolute Gasteiger partial charge is 0.395 e. The third kappa shape index (κ3) is 7.17. The van der Waals surface area contributed by atoms with Gasteiger partial charge in [-0.1, -0.05) is 49.6 Å². The molecule has 114 valence electrons. The van der Waals surface area contributed by atoms with Crippen LogP contribution < -0.4 is 5.32 Å². The Bertz CT molecular complexity index is 517. The number of hydrogen-bond donors (Lipinski definition) is 2. The molecule has 0 aliphatic heterocycles. The normalized spacial score (nSPS) is 9.86. The highest BCUT2D eigenvalue weighted by atomic mass is 35.5. The van der Waals surface area contributed by atoms with E-state index in [1.807, 2.05) is 0 Å². The van der Waals surface area contributed by atoms with Crippen molar-refractivity contribution in [3.63, 3.8) is 0 Å². The number of halogens is 1. The summed E-state index contributed by atoms with van der Waals surface area (Å²) in [5, 5.41) is 12.2. The molecule has 1 rings (SSSR count). The van der Waals surface area contributed by atoms with E-state index in [1.54, 1.807) is 18.2 Å². The van der Waals surface area contributed by atoms with Gasteiger partial charge in [0.1, 0.15) is 0 Å². The van der Waals surface area contributed by atoms with Crippen LogP contribution in [0.25, 0.3) is 0 Å². The van der Waals surface area contributed by atoms with Crippen molar-refractivity contribution in [3.8, 4) is 11.8 Å². The van der Waals surface area contributed by atoms with Crippen LogP contribution in [-0.2, 0) is 4.79 Å². The van der Waals surface area contributed by atoms with Crippen LogP contribution >= 0.6 is 11.6 Å². The summed E-state index contributed by atoms with van der Waals surface area (Å²) in [6.07, 6.45) is 5.19. The second kappa shape index (κ2) is 10.3. The predicted octanol–water partition coefficient (Wildman–Crippen LogP) is 3.98. The second-order valence-electron chi connectivity index (χ2n) is 4.82. The Kier molecular flexibility index (Phi) is 8.57. The van der Waals surface area contributed by atoms with Gasteiger partial charge in [0.15, 0.2) is 0 Å². The van der Waals surface area contributed by atoms with Gasteiger partial charge in [-0.3, -0.25) is 4.79 Å². The molecule has 0 saturated carbocycles. The number of aliphatic hydroxyl groups excluding tert-OH is 1. The first-order valence-electron chi connectivity index (χ1n) is 7.36. The van der Waals surface area contributed by atoms with E-state index in [9.17, 15) is 4.79 Å². The maximum atomic E-state index is 11.9. The zero-order valence-corrected chi connectivity index (χ0v) is 13.2. The maximum Gasteiger partial charge on any atom is 0.224 e. The summed E-state index contributed by atoms with van der Waals surface area (Å²) in [4.78, 5) is 11.9. The summed E-state index contributed by atoms with van der Waals surface area (Å²) in [6.45, 7) is 2.17. The molecule has 0 aliphatic rings. The Hall–Kier alpha value is -1.50. The molecule has 4 heteroatoms. The van der Waals surface area contributed by atoms with Crippen LogP contribution in [0.1, 0.15) is 51.0 Å². The van der Waals surface area contributed by atoms with Gasteiger partial charge in [-0.05, 0) is 24.6 Å². The molecule has 0 atom stereocenters. The summed E-state index contributed by atoms with van der Waals surface area (Å²) >= 11 is 5.97. The molecule has 0 unspecified atom stereocenters. The summed E-state index contributed by atoms with van der Waals surface area (Å²) in [7, 11) is 0. The number of benzene rings is 1. The van der Waals surface area contributed by atoms with E-state index in [0.29, 0.717) is 23.6 Å². The minimum Gasteiger partial charge on any atom is -0.395 e. The van der Waals surface area contributed by atoms with Gasteiger partial charge in [-0.25, -0.2) is 0 Å². The summed E-state index contributed by atoms with van der Waals surface area (Å²) in [5.41, 5.74) is 1.35. The summed E-state index contributed by atoms with van der Waals surface area (Å²) in [5.74, 6) is 5.77. The van der Waals surface area contributed by atoms with Gasteiger partial charge in [-0.15, -0.1) is 0 Å². The topological polar surface area (TPSA) is 49.3 Å². The smallest absolute Gasteiger partial charge is 0.224 e. The fourth-order valence-corrected chi connectivity index (χ4v) is 2.04. The first-order chi connectivity index (χ1) is 10.2. The van der Waals surface area contributed by atoms with Crippen LogP contribution in [0.2, 0.25) is 5.02 Å². The van der Waals surface area contributed by atoms with Crippen LogP contribution in [0.3, 0.4) is 0 Å². The molecule has 0 bridgehead atoms. The van der Waals surface area contributed by atoms with Crippen molar-refractivity contribution in [2.75, 3.05) is 11.9 Å². The van der Waals surface area contributed by atoms with Crippen molar-refractivity contribution < 1.29 is 9.90 Å². The Morgan fingerprint density at radius 2 is 2.14 bits per heavy atom. The molecule has 0 aromatic heterocycles. The fourth-order valence-electron chi connectivity index (χ4n) is 1.87. The van der Waals surface area contributed by atoms with Crippen LogP contribution in [0.4, 0.5) is 5.69 Å². The number of carbonyl (C=O) groups is 1. The molecule has 3 nitrogen and oxygen atoms in total. The molecule has 0 saturated heterocycles. The fraction of sp³-hybridized carbons (Fsp3) is 0.471. The molecule has 1 aromatic carbocycles. The minimum absolute atomic E-state index is 0.0152. The van der Waals surface area contributed by atoms with Crippen LogP contribution in [0, 0.1) is 11.8 Å². The van der Waals surface area contributed by atoms with Gasteiger partial charge < -0.3 is 10.4 Å². The zero-order valence-electron chi connectivity index (χ0n) is 12.4. The number of amides is 1. The van der Waals surface area contributed by atoms with Gasteiger partial charge in [0.05, 0.1) is 12.3 Å². The Labute approximate surface area is 131 Å². The zero-order chi connectivity index (χ0) is 15.5. The lowest BCUT2D eigenvalue weighted by Crippen LogP contribution is -2.12. The molecule has 2 N–H and O–H groups in total. The first kappa shape index (κ1) is 17.6.